The van der Waals surface area contributed by atoms with E-state index in [1.165, 1.54) is 11.1 Å². The molecule has 118 valence electrons. The van der Waals surface area contributed by atoms with E-state index in [2.05, 4.69) is 55.3 Å². The van der Waals surface area contributed by atoms with Crippen molar-refractivity contribution >= 4 is 0 Å². The fourth-order valence-electron chi connectivity index (χ4n) is 3.02. The van der Waals surface area contributed by atoms with Gasteiger partial charge in [0.25, 0.3) is 0 Å². The van der Waals surface area contributed by atoms with Crippen LogP contribution in [0.1, 0.15) is 43.9 Å². The van der Waals surface area contributed by atoms with Gasteiger partial charge in [0.05, 0.1) is 6.61 Å². The molecule has 1 aliphatic heterocycles. The van der Waals surface area contributed by atoms with Crippen LogP contribution in [0.2, 0.25) is 0 Å². The summed E-state index contributed by atoms with van der Waals surface area (Å²) < 4.78 is 5.60. The van der Waals surface area contributed by atoms with E-state index in [-0.39, 0.29) is 0 Å². The second-order valence-electron chi connectivity index (χ2n) is 6.08. The molecule has 0 radical (unpaired) electrons. The summed E-state index contributed by atoms with van der Waals surface area (Å²) in [4.78, 5) is 2.57. The zero-order valence-corrected chi connectivity index (χ0v) is 13.8. The van der Waals surface area contributed by atoms with Gasteiger partial charge in [0, 0.05) is 31.8 Å². The quantitative estimate of drug-likeness (QED) is 0.871. The molecular weight excluding hydrogens is 260 g/mol. The van der Waals surface area contributed by atoms with Crippen molar-refractivity contribution in [2.24, 2.45) is 0 Å². The van der Waals surface area contributed by atoms with Gasteiger partial charge in [-0.15, -0.1) is 0 Å². The lowest BCUT2D eigenvalue weighted by Crippen LogP contribution is -2.44. The Hall–Kier alpha value is -0.900. The third-order valence-electron chi connectivity index (χ3n) is 4.37. The molecule has 1 heterocycles. The number of rotatable bonds is 6. The third-order valence-corrected chi connectivity index (χ3v) is 4.37. The number of hydrogen-bond donors (Lipinski definition) is 1. The molecule has 0 aliphatic carbocycles. The Labute approximate surface area is 129 Å². The molecule has 1 saturated heterocycles. The Bertz CT molecular complexity index is 396. The van der Waals surface area contributed by atoms with Crippen molar-refractivity contribution in [2.75, 3.05) is 32.8 Å². The van der Waals surface area contributed by atoms with Crippen molar-refractivity contribution < 1.29 is 4.74 Å². The van der Waals surface area contributed by atoms with E-state index in [1.54, 1.807) is 0 Å². The van der Waals surface area contributed by atoms with E-state index in [1.807, 2.05) is 0 Å². The number of benzene rings is 1. The number of nitrogens with zero attached hydrogens (tertiary/aromatic N) is 1. The first kappa shape index (κ1) is 16.5. The van der Waals surface area contributed by atoms with Gasteiger partial charge in [-0.1, -0.05) is 36.8 Å². The largest absolute Gasteiger partial charge is 0.380 e. The zero-order valence-electron chi connectivity index (χ0n) is 13.8. The van der Waals surface area contributed by atoms with Crippen LogP contribution in [0.4, 0.5) is 0 Å². The summed E-state index contributed by atoms with van der Waals surface area (Å²) in [6.07, 6.45) is 2.30. The number of ether oxygens (including phenoxy) is 1. The maximum Gasteiger partial charge on any atom is 0.0593 e. The Kier molecular flexibility index (Phi) is 6.68. The summed E-state index contributed by atoms with van der Waals surface area (Å²) in [6.45, 7) is 11.7. The van der Waals surface area contributed by atoms with E-state index in [9.17, 15) is 0 Å². The second-order valence-corrected chi connectivity index (χ2v) is 6.08. The van der Waals surface area contributed by atoms with Crippen LogP contribution in [0.25, 0.3) is 0 Å². The van der Waals surface area contributed by atoms with Gasteiger partial charge >= 0.3 is 0 Å². The van der Waals surface area contributed by atoms with E-state index in [0.29, 0.717) is 12.1 Å². The Balaban J connectivity index is 2.11. The highest BCUT2D eigenvalue weighted by atomic mass is 16.5. The van der Waals surface area contributed by atoms with Crippen LogP contribution in [0.5, 0.6) is 0 Å². The minimum atomic E-state index is 0.392. The fraction of sp³-hybridized carbons (Fsp3) is 0.667. The van der Waals surface area contributed by atoms with Gasteiger partial charge in [0.15, 0.2) is 0 Å². The summed E-state index contributed by atoms with van der Waals surface area (Å²) in [5.74, 6) is 0. The lowest BCUT2D eigenvalue weighted by atomic mass is 9.97. The van der Waals surface area contributed by atoms with Crippen LogP contribution < -0.4 is 5.32 Å². The average molecular weight is 290 g/mol. The second kappa shape index (κ2) is 8.52. The topological polar surface area (TPSA) is 24.5 Å². The van der Waals surface area contributed by atoms with Crippen molar-refractivity contribution in [3.63, 3.8) is 0 Å². The van der Waals surface area contributed by atoms with Crippen LogP contribution in [-0.4, -0.2) is 43.8 Å². The van der Waals surface area contributed by atoms with Crippen LogP contribution in [-0.2, 0) is 4.74 Å². The van der Waals surface area contributed by atoms with Crippen LogP contribution in [0.3, 0.4) is 0 Å². The molecule has 1 fully saturated rings. The van der Waals surface area contributed by atoms with Crippen LogP contribution in [0, 0.1) is 6.92 Å². The molecule has 2 unspecified atom stereocenters. The Morgan fingerprint density at radius 1 is 1.19 bits per heavy atom. The predicted octanol–water partition coefficient (Wildman–Crippen LogP) is 3.15. The Morgan fingerprint density at radius 3 is 2.67 bits per heavy atom. The number of hydrogen-bond acceptors (Lipinski definition) is 3. The van der Waals surface area contributed by atoms with E-state index < -0.39 is 0 Å². The molecule has 1 aromatic rings. The predicted molar refractivity (Wildman–Crippen MR) is 88.7 cm³/mol. The number of aryl methyl sites for hydroxylation is 1. The van der Waals surface area contributed by atoms with Gasteiger partial charge < -0.3 is 10.1 Å². The van der Waals surface area contributed by atoms with E-state index in [0.717, 1.165) is 45.7 Å². The van der Waals surface area contributed by atoms with Crippen molar-refractivity contribution in [3.05, 3.63) is 35.4 Å². The minimum absolute atomic E-state index is 0.392. The van der Waals surface area contributed by atoms with Gasteiger partial charge in [-0.2, -0.15) is 0 Å². The van der Waals surface area contributed by atoms with Gasteiger partial charge in [0.1, 0.15) is 0 Å². The lowest BCUT2D eigenvalue weighted by Gasteiger charge is -2.34. The van der Waals surface area contributed by atoms with Gasteiger partial charge in [-0.3, -0.25) is 4.90 Å². The van der Waals surface area contributed by atoms with E-state index in [4.69, 9.17) is 4.74 Å². The highest BCUT2D eigenvalue weighted by Gasteiger charge is 2.25. The molecule has 3 nitrogen and oxygen atoms in total. The molecule has 0 spiro atoms. The summed E-state index contributed by atoms with van der Waals surface area (Å²) in [5.41, 5.74) is 2.72. The molecule has 2 rings (SSSR count). The highest BCUT2D eigenvalue weighted by Crippen LogP contribution is 2.22. The van der Waals surface area contributed by atoms with Crippen molar-refractivity contribution in [1.82, 2.24) is 10.2 Å². The summed E-state index contributed by atoms with van der Waals surface area (Å²) in [5, 5.41) is 3.74. The third kappa shape index (κ3) is 4.80. The summed E-state index contributed by atoms with van der Waals surface area (Å²) >= 11 is 0. The molecule has 1 N–H and O–H groups in total. The standard InChI is InChI=1S/C18H30N2O/c1-4-10-19-18(17-8-6-15(2)7-9-17)16(3)20-11-5-13-21-14-12-20/h6-9,16,18-19H,4-5,10-14H2,1-3H3. The molecule has 3 heteroatoms. The molecule has 1 aromatic carbocycles. The number of nitrogens with one attached hydrogen (secondary N) is 1. The lowest BCUT2D eigenvalue weighted by molar-refractivity contribution is 0.125. The van der Waals surface area contributed by atoms with Gasteiger partial charge in [-0.25, -0.2) is 0 Å². The molecular formula is C18H30N2O. The molecule has 0 saturated carbocycles. The first-order chi connectivity index (χ1) is 10.2. The van der Waals surface area contributed by atoms with Gasteiger partial charge in [-0.05, 0) is 38.8 Å². The maximum absolute atomic E-state index is 5.60. The monoisotopic (exact) mass is 290 g/mol. The minimum Gasteiger partial charge on any atom is -0.380 e. The van der Waals surface area contributed by atoms with E-state index >= 15 is 0 Å². The smallest absolute Gasteiger partial charge is 0.0593 e. The molecule has 0 bridgehead atoms. The fourth-order valence-corrected chi connectivity index (χ4v) is 3.02. The summed E-state index contributed by atoms with van der Waals surface area (Å²) in [7, 11) is 0. The molecule has 2 atom stereocenters. The molecule has 0 aromatic heterocycles. The first-order valence-corrected chi connectivity index (χ1v) is 8.34. The van der Waals surface area contributed by atoms with Gasteiger partial charge in [0.2, 0.25) is 0 Å². The highest BCUT2D eigenvalue weighted by molar-refractivity contribution is 5.25. The summed E-state index contributed by atoms with van der Waals surface area (Å²) in [6, 6.07) is 9.85. The first-order valence-electron chi connectivity index (χ1n) is 8.34. The van der Waals surface area contributed by atoms with Crippen LogP contribution in [0.15, 0.2) is 24.3 Å². The van der Waals surface area contributed by atoms with Crippen molar-refractivity contribution in [2.45, 2.75) is 45.7 Å². The average Bonchev–Trinajstić information content (AvgIpc) is 2.78. The molecule has 1 aliphatic rings. The molecule has 0 amide bonds. The normalized spacial score (nSPS) is 20.0. The SMILES string of the molecule is CCCNC(c1ccc(C)cc1)C(C)N1CCCOCC1. The zero-order chi connectivity index (χ0) is 15.1. The Morgan fingerprint density at radius 2 is 1.95 bits per heavy atom. The van der Waals surface area contributed by atoms with Crippen molar-refractivity contribution in [3.8, 4) is 0 Å². The van der Waals surface area contributed by atoms with Crippen LogP contribution >= 0.6 is 0 Å². The van der Waals surface area contributed by atoms with Crippen molar-refractivity contribution in [1.29, 1.82) is 0 Å². The maximum atomic E-state index is 5.60. The molecule has 21 heavy (non-hydrogen) atoms.